The molecule has 0 atom stereocenters. The van der Waals surface area contributed by atoms with Crippen LogP contribution in [0.25, 0.3) is 22.4 Å². The number of hydrogen-bond donors (Lipinski definition) is 1. The molecular weight excluding hydrogens is 208 g/mol. The van der Waals surface area contributed by atoms with E-state index in [4.69, 9.17) is 14.8 Å². The third-order valence-corrected chi connectivity index (χ3v) is 2.26. The summed E-state index contributed by atoms with van der Waals surface area (Å²) in [5.74, 6) is 0.856. The summed E-state index contributed by atoms with van der Waals surface area (Å²) in [5.41, 5.74) is 6.80. The molecule has 0 aliphatic rings. The van der Waals surface area contributed by atoms with Gasteiger partial charge in [-0.15, -0.1) is 0 Å². The van der Waals surface area contributed by atoms with Gasteiger partial charge >= 0.3 is 0 Å². The maximum atomic E-state index is 5.40. The fourth-order valence-electron chi connectivity index (χ4n) is 1.52. The van der Waals surface area contributed by atoms with Crippen molar-refractivity contribution >= 4 is 11.0 Å². The zero-order chi connectivity index (χ0) is 11.0. The fraction of sp³-hybridized carbons (Fsp3) is 0.100. The van der Waals surface area contributed by atoms with Crippen molar-refractivity contribution in [1.29, 1.82) is 0 Å². The van der Waals surface area contributed by atoms with E-state index in [0.717, 1.165) is 10.9 Å². The predicted molar refractivity (Wildman–Crippen MR) is 55.2 cm³/mol. The number of hydrogen-bond acceptors (Lipinski definition) is 6. The molecule has 0 saturated heterocycles. The quantitative estimate of drug-likeness (QED) is 0.694. The minimum absolute atomic E-state index is 0.222. The Morgan fingerprint density at radius 1 is 1.25 bits per heavy atom. The van der Waals surface area contributed by atoms with Gasteiger partial charge in [-0.2, -0.15) is 4.98 Å². The van der Waals surface area contributed by atoms with Crippen molar-refractivity contribution in [1.82, 2.24) is 15.3 Å². The highest BCUT2D eigenvalue weighted by atomic mass is 16.5. The number of nitrogens with zero attached hydrogens (tertiary/aromatic N) is 3. The topological polar surface area (TPSA) is 91.0 Å². The van der Waals surface area contributed by atoms with Crippen LogP contribution >= 0.6 is 0 Å². The lowest BCUT2D eigenvalue weighted by Gasteiger charge is -1.93. The summed E-state index contributed by atoms with van der Waals surface area (Å²) in [7, 11) is 0. The minimum atomic E-state index is 0.222. The van der Waals surface area contributed by atoms with Gasteiger partial charge in [0.2, 0.25) is 11.7 Å². The van der Waals surface area contributed by atoms with Gasteiger partial charge in [-0.1, -0.05) is 16.4 Å². The molecule has 6 heteroatoms. The Bertz CT molecular complexity index is 628. The first kappa shape index (κ1) is 9.05. The zero-order valence-electron chi connectivity index (χ0n) is 8.25. The van der Waals surface area contributed by atoms with E-state index in [2.05, 4.69) is 15.3 Å². The molecule has 0 unspecified atom stereocenters. The molecule has 2 heterocycles. The molecule has 3 rings (SSSR count). The van der Waals surface area contributed by atoms with E-state index < -0.39 is 0 Å². The summed E-state index contributed by atoms with van der Waals surface area (Å²) < 4.78 is 10.1. The maximum absolute atomic E-state index is 5.40. The van der Waals surface area contributed by atoms with Crippen molar-refractivity contribution in [3.8, 4) is 11.4 Å². The number of benzene rings is 1. The molecule has 80 valence electrons. The fourth-order valence-corrected chi connectivity index (χ4v) is 1.52. The Balaban J connectivity index is 2.21. The average Bonchev–Trinajstić information content (AvgIpc) is 2.97. The van der Waals surface area contributed by atoms with E-state index in [1.54, 1.807) is 6.20 Å². The highest BCUT2D eigenvalue weighted by molar-refractivity contribution is 5.89. The number of nitrogens with two attached hydrogens (primary N) is 1. The molecular formula is C10H8N4O2. The van der Waals surface area contributed by atoms with Crippen molar-refractivity contribution in [2.75, 3.05) is 0 Å². The minimum Gasteiger partial charge on any atom is -0.356 e. The average molecular weight is 216 g/mol. The highest BCUT2D eigenvalue weighted by Crippen LogP contribution is 2.25. The lowest BCUT2D eigenvalue weighted by atomic mass is 10.1. The first-order valence-electron chi connectivity index (χ1n) is 4.75. The van der Waals surface area contributed by atoms with Crippen LogP contribution in [-0.4, -0.2) is 15.3 Å². The van der Waals surface area contributed by atoms with Crippen LogP contribution in [0.15, 0.2) is 33.4 Å². The van der Waals surface area contributed by atoms with E-state index in [9.17, 15) is 0 Å². The largest absolute Gasteiger partial charge is 0.356 e. The van der Waals surface area contributed by atoms with Gasteiger partial charge in [0, 0.05) is 5.39 Å². The standard InChI is InChI=1S/C10H8N4O2/c11-4-8-13-10(14-15-8)7-3-1-2-6-5-12-16-9(6)7/h1-3,5H,4,11H2. The Labute approximate surface area is 90.0 Å². The lowest BCUT2D eigenvalue weighted by molar-refractivity contribution is 0.380. The van der Waals surface area contributed by atoms with Crippen LogP contribution in [0.2, 0.25) is 0 Å². The summed E-state index contributed by atoms with van der Waals surface area (Å²) >= 11 is 0. The molecule has 6 nitrogen and oxygen atoms in total. The second-order valence-electron chi connectivity index (χ2n) is 3.27. The van der Waals surface area contributed by atoms with Crippen LogP contribution < -0.4 is 5.73 Å². The van der Waals surface area contributed by atoms with E-state index in [0.29, 0.717) is 17.3 Å². The maximum Gasteiger partial charge on any atom is 0.240 e. The zero-order valence-corrected chi connectivity index (χ0v) is 8.25. The van der Waals surface area contributed by atoms with Crippen LogP contribution in [-0.2, 0) is 6.54 Å². The SMILES string of the molecule is NCc1nc(-c2cccc3cnoc23)no1. The first-order chi connectivity index (χ1) is 7.88. The van der Waals surface area contributed by atoms with Crippen LogP contribution in [0.1, 0.15) is 5.89 Å². The van der Waals surface area contributed by atoms with Gasteiger partial charge in [-0.05, 0) is 12.1 Å². The van der Waals surface area contributed by atoms with Gasteiger partial charge in [0.05, 0.1) is 18.3 Å². The summed E-state index contributed by atoms with van der Waals surface area (Å²) in [6.07, 6.45) is 1.64. The Morgan fingerprint density at radius 3 is 3.00 bits per heavy atom. The van der Waals surface area contributed by atoms with Crippen molar-refractivity contribution < 1.29 is 9.05 Å². The third-order valence-electron chi connectivity index (χ3n) is 2.26. The molecule has 2 N–H and O–H groups in total. The normalized spacial score (nSPS) is 11.1. The van der Waals surface area contributed by atoms with Gasteiger partial charge in [0.1, 0.15) is 0 Å². The van der Waals surface area contributed by atoms with Gasteiger partial charge in [-0.3, -0.25) is 0 Å². The molecule has 0 aliphatic heterocycles. The number of rotatable bonds is 2. The van der Waals surface area contributed by atoms with Crippen LogP contribution in [0, 0.1) is 0 Å². The van der Waals surface area contributed by atoms with Crippen LogP contribution in [0.4, 0.5) is 0 Å². The van der Waals surface area contributed by atoms with Gasteiger partial charge in [0.15, 0.2) is 5.58 Å². The lowest BCUT2D eigenvalue weighted by Crippen LogP contribution is -1.95. The molecule has 0 saturated carbocycles. The van der Waals surface area contributed by atoms with E-state index in [-0.39, 0.29) is 6.54 Å². The number of aromatic nitrogens is 3. The Kier molecular flexibility index (Phi) is 1.94. The molecule has 0 spiro atoms. The monoisotopic (exact) mass is 216 g/mol. The molecule has 0 fully saturated rings. The van der Waals surface area contributed by atoms with Crippen LogP contribution in [0.5, 0.6) is 0 Å². The molecule has 0 bridgehead atoms. The number of fused-ring (bicyclic) bond motifs is 1. The summed E-state index contributed by atoms with van der Waals surface area (Å²) in [6, 6.07) is 5.63. The summed E-state index contributed by atoms with van der Waals surface area (Å²) in [4.78, 5) is 4.14. The van der Waals surface area contributed by atoms with Crippen molar-refractivity contribution in [3.63, 3.8) is 0 Å². The molecule has 16 heavy (non-hydrogen) atoms. The smallest absolute Gasteiger partial charge is 0.240 e. The molecule has 0 radical (unpaired) electrons. The van der Waals surface area contributed by atoms with E-state index in [1.165, 1.54) is 0 Å². The molecule has 1 aromatic carbocycles. The van der Waals surface area contributed by atoms with Gasteiger partial charge in [-0.25, -0.2) is 0 Å². The van der Waals surface area contributed by atoms with Crippen molar-refractivity contribution in [3.05, 3.63) is 30.3 Å². The van der Waals surface area contributed by atoms with E-state index in [1.807, 2.05) is 18.2 Å². The van der Waals surface area contributed by atoms with Crippen molar-refractivity contribution in [2.24, 2.45) is 5.73 Å². The third kappa shape index (κ3) is 1.28. The van der Waals surface area contributed by atoms with Gasteiger partial charge < -0.3 is 14.8 Å². The molecule has 3 aromatic rings. The Hall–Kier alpha value is -2.21. The van der Waals surface area contributed by atoms with Gasteiger partial charge in [0.25, 0.3) is 0 Å². The summed E-state index contributed by atoms with van der Waals surface area (Å²) in [5, 5.41) is 8.46. The number of para-hydroxylation sites is 1. The van der Waals surface area contributed by atoms with E-state index >= 15 is 0 Å². The molecule has 0 aliphatic carbocycles. The molecule has 2 aromatic heterocycles. The highest BCUT2D eigenvalue weighted by Gasteiger charge is 2.13. The molecule has 0 amide bonds. The summed E-state index contributed by atoms with van der Waals surface area (Å²) in [6.45, 7) is 0.222. The Morgan fingerprint density at radius 2 is 2.19 bits per heavy atom. The second-order valence-corrected chi connectivity index (χ2v) is 3.27. The predicted octanol–water partition coefficient (Wildman–Crippen LogP) is 1.34. The first-order valence-corrected chi connectivity index (χ1v) is 4.75. The second kappa shape index (κ2) is 3.42. The van der Waals surface area contributed by atoms with Crippen LogP contribution in [0.3, 0.4) is 0 Å². The van der Waals surface area contributed by atoms with Crippen molar-refractivity contribution in [2.45, 2.75) is 6.54 Å².